The quantitative estimate of drug-likeness (QED) is 0.289. The molecule has 0 radical (unpaired) electrons. The van der Waals surface area contributed by atoms with E-state index in [1.54, 1.807) is 30.3 Å². The topological polar surface area (TPSA) is 99.5 Å². The molecule has 2 heterocycles. The minimum atomic E-state index is -0.897. The van der Waals surface area contributed by atoms with Crippen LogP contribution in [0.15, 0.2) is 72.3 Å². The van der Waals surface area contributed by atoms with Crippen LogP contribution in [-0.4, -0.2) is 49.2 Å². The monoisotopic (exact) mass is 500 g/mol. The Morgan fingerprint density at radius 2 is 1.46 bits per heavy atom. The van der Waals surface area contributed by atoms with Crippen LogP contribution < -0.4 is 19.3 Å². The van der Waals surface area contributed by atoms with E-state index in [0.717, 1.165) is 31.6 Å². The van der Waals surface area contributed by atoms with Crippen molar-refractivity contribution in [3.05, 3.63) is 83.4 Å². The van der Waals surface area contributed by atoms with Crippen molar-refractivity contribution in [2.24, 2.45) is 0 Å². The zero-order valence-corrected chi connectivity index (χ0v) is 20.7. The number of ether oxygens (including phenoxy) is 2. The zero-order chi connectivity index (χ0) is 26.1. The maximum atomic E-state index is 13.4. The normalized spacial score (nSPS) is 18.9. The molecule has 1 amide bonds. The predicted molar refractivity (Wildman–Crippen MR) is 140 cm³/mol. The first-order chi connectivity index (χ1) is 17.9. The molecule has 8 nitrogen and oxygen atoms in total. The lowest BCUT2D eigenvalue weighted by molar-refractivity contribution is -0.132. The van der Waals surface area contributed by atoms with E-state index in [1.807, 2.05) is 24.3 Å². The molecular formula is C29H28N2O6. The highest BCUT2D eigenvalue weighted by Crippen LogP contribution is 2.43. The van der Waals surface area contributed by atoms with Gasteiger partial charge in [-0.2, -0.15) is 0 Å². The summed E-state index contributed by atoms with van der Waals surface area (Å²) in [7, 11) is 2.98. The number of aromatic hydroxyl groups is 1. The van der Waals surface area contributed by atoms with Gasteiger partial charge in [-0.1, -0.05) is 12.1 Å². The van der Waals surface area contributed by atoms with Crippen LogP contribution in [0.2, 0.25) is 0 Å². The molecule has 0 bridgehead atoms. The van der Waals surface area contributed by atoms with Gasteiger partial charge in [0.15, 0.2) is 11.5 Å². The van der Waals surface area contributed by atoms with Crippen molar-refractivity contribution in [2.45, 2.75) is 18.9 Å². The van der Waals surface area contributed by atoms with Crippen LogP contribution in [0, 0.1) is 0 Å². The number of ketones is 1. The van der Waals surface area contributed by atoms with Gasteiger partial charge in [-0.15, -0.1) is 0 Å². The third kappa shape index (κ3) is 4.35. The lowest BCUT2D eigenvalue weighted by atomic mass is 9.95. The van der Waals surface area contributed by atoms with Crippen LogP contribution in [0.5, 0.6) is 17.2 Å². The van der Waals surface area contributed by atoms with Gasteiger partial charge in [-0.05, 0) is 73.0 Å². The Hall–Kier alpha value is -4.46. The van der Waals surface area contributed by atoms with Crippen LogP contribution in [0.3, 0.4) is 0 Å². The number of amides is 1. The number of phenolic OH excluding ortho intramolecular Hbond substituents is 1. The Morgan fingerprint density at radius 3 is 2.08 bits per heavy atom. The minimum Gasteiger partial charge on any atom is -0.508 e. The highest BCUT2D eigenvalue weighted by molar-refractivity contribution is 6.51. The molecule has 3 aromatic carbocycles. The maximum absolute atomic E-state index is 13.4. The van der Waals surface area contributed by atoms with Crippen LogP contribution in [0.25, 0.3) is 5.76 Å². The fourth-order valence-electron chi connectivity index (χ4n) is 5.01. The van der Waals surface area contributed by atoms with E-state index in [1.165, 1.54) is 31.3 Å². The van der Waals surface area contributed by atoms with E-state index in [9.17, 15) is 19.8 Å². The number of rotatable bonds is 6. The van der Waals surface area contributed by atoms with Gasteiger partial charge >= 0.3 is 0 Å². The number of anilines is 2. The van der Waals surface area contributed by atoms with Crippen molar-refractivity contribution in [3.8, 4) is 17.2 Å². The predicted octanol–water partition coefficient (Wildman–Crippen LogP) is 4.64. The Labute approximate surface area is 215 Å². The summed E-state index contributed by atoms with van der Waals surface area (Å²) in [5, 5.41) is 21.2. The molecule has 2 N–H and O–H groups in total. The van der Waals surface area contributed by atoms with E-state index in [-0.39, 0.29) is 17.1 Å². The summed E-state index contributed by atoms with van der Waals surface area (Å²) in [6.45, 7) is 1.98. The zero-order valence-electron chi connectivity index (χ0n) is 20.7. The van der Waals surface area contributed by atoms with E-state index in [4.69, 9.17) is 9.47 Å². The second-order valence-corrected chi connectivity index (χ2v) is 9.04. The molecule has 0 saturated carbocycles. The molecule has 2 aliphatic rings. The van der Waals surface area contributed by atoms with Crippen LogP contribution in [0.4, 0.5) is 11.4 Å². The average molecular weight is 501 g/mol. The van der Waals surface area contributed by atoms with Gasteiger partial charge in [0.2, 0.25) is 0 Å². The van der Waals surface area contributed by atoms with Crippen LogP contribution in [-0.2, 0) is 9.59 Å². The SMILES string of the molecule is COc1ccc(/C(O)=C2/C(=O)C(=O)N(c3ccc(N4CCCC4)cc3)C2c2ccc(O)cc2)cc1OC. The number of hydrogen-bond donors (Lipinski definition) is 2. The minimum absolute atomic E-state index is 0.0495. The summed E-state index contributed by atoms with van der Waals surface area (Å²) in [4.78, 5) is 30.5. The molecule has 0 spiro atoms. The van der Waals surface area contributed by atoms with Gasteiger partial charge in [0.1, 0.15) is 11.5 Å². The molecule has 1 atom stereocenters. The fraction of sp³-hybridized carbons (Fsp3) is 0.241. The number of aliphatic hydroxyl groups is 1. The molecule has 3 aromatic rings. The van der Waals surface area contributed by atoms with Crippen molar-refractivity contribution in [1.29, 1.82) is 0 Å². The average Bonchev–Trinajstić information content (AvgIpc) is 3.56. The summed E-state index contributed by atoms with van der Waals surface area (Å²) >= 11 is 0. The van der Waals surface area contributed by atoms with Gasteiger partial charge < -0.3 is 24.6 Å². The number of hydrogen-bond acceptors (Lipinski definition) is 7. The van der Waals surface area contributed by atoms with Crippen molar-refractivity contribution < 1.29 is 29.3 Å². The van der Waals surface area contributed by atoms with E-state index >= 15 is 0 Å². The number of Topliss-reactive ketones (excluding diaryl/α,β-unsaturated/α-hetero) is 1. The van der Waals surface area contributed by atoms with E-state index in [2.05, 4.69) is 4.90 Å². The molecule has 1 unspecified atom stereocenters. The molecule has 2 aliphatic heterocycles. The van der Waals surface area contributed by atoms with Crippen LogP contribution in [0.1, 0.15) is 30.0 Å². The molecule has 0 aromatic heterocycles. The number of carbonyl (C=O) groups excluding carboxylic acids is 2. The van der Waals surface area contributed by atoms with Gasteiger partial charge in [-0.3, -0.25) is 14.5 Å². The second-order valence-electron chi connectivity index (χ2n) is 9.04. The third-order valence-corrected chi connectivity index (χ3v) is 6.91. The number of carbonyl (C=O) groups is 2. The number of aliphatic hydroxyl groups excluding tert-OH is 1. The summed E-state index contributed by atoms with van der Waals surface area (Å²) in [6, 6.07) is 17.7. The number of benzene rings is 3. The molecule has 0 aliphatic carbocycles. The van der Waals surface area contributed by atoms with Gasteiger partial charge in [-0.25, -0.2) is 0 Å². The lowest BCUT2D eigenvalue weighted by Gasteiger charge is -2.26. The van der Waals surface area contributed by atoms with Gasteiger partial charge in [0.25, 0.3) is 11.7 Å². The highest BCUT2D eigenvalue weighted by Gasteiger charge is 2.47. The third-order valence-electron chi connectivity index (χ3n) is 6.91. The Balaban J connectivity index is 1.63. The smallest absolute Gasteiger partial charge is 0.300 e. The largest absolute Gasteiger partial charge is 0.508 e. The lowest BCUT2D eigenvalue weighted by Crippen LogP contribution is -2.29. The van der Waals surface area contributed by atoms with Crippen molar-refractivity contribution in [3.63, 3.8) is 0 Å². The fourth-order valence-corrected chi connectivity index (χ4v) is 5.01. The molecular weight excluding hydrogens is 472 g/mol. The first kappa shape index (κ1) is 24.2. The van der Waals surface area contributed by atoms with Crippen molar-refractivity contribution >= 4 is 28.8 Å². The molecule has 5 rings (SSSR count). The van der Waals surface area contributed by atoms with Crippen molar-refractivity contribution in [1.82, 2.24) is 0 Å². The van der Waals surface area contributed by atoms with E-state index < -0.39 is 17.7 Å². The molecule has 2 fully saturated rings. The Bertz CT molecular complexity index is 1360. The maximum Gasteiger partial charge on any atom is 0.300 e. The summed E-state index contributed by atoms with van der Waals surface area (Å²) in [6.07, 6.45) is 2.29. The highest BCUT2D eigenvalue weighted by atomic mass is 16.5. The Kier molecular flexibility index (Phi) is 6.48. The first-order valence-electron chi connectivity index (χ1n) is 12.1. The summed E-state index contributed by atoms with van der Waals surface area (Å²) in [5.74, 6) is -0.973. The molecule has 37 heavy (non-hydrogen) atoms. The summed E-state index contributed by atoms with van der Waals surface area (Å²) in [5.41, 5.74) is 2.43. The molecule has 190 valence electrons. The van der Waals surface area contributed by atoms with Crippen LogP contribution >= 0.6 is 0 Å². The van der Waals surface area contributed by atoms with Gasteiger partial charge in [0, 0.05) is 30.0 Å². The molecule has 8 heteroatoms. The molecule has 2 saturated heterocycles. The first-order valence-corrected chi connectivity index (χ1v) is 12.1. The number of methoxy groups -OCH3 is 2. The number of phenols is 1. The van der Waals surface area contributed by atoms with E-state index in [0.29, 0.717) is 28.3 Å². The Morgan fingerprint density at radius 1 is 0.838 bits per heavy atom. The second kappa shape index (κ2) is 9.89. The van der Waals surface area contributed by atoms with Crippen molar-refractivity contribution in [2.75, 3.05) is 37.1 Å². The van der Waals surface area contributed by atoms with Gasteiger partial charge in [0.05, 0.1) is 25.8 Å². The summed E-state index contributed by atoms with van der Waals surface area (Å²) < 4.78 is 10.6. The number of nitrogens with zero attached hydrogens (tertiary/aromatic N) is 2. The standard InChI is InChI=1S/C29H28N2O6/c1-36-23-14-7-19(17-24(23)37-2)27(33)25-26(18-5-12-22(32)13-6-18)31(29(35)28(25)34)21-10-8-20(9-11-21)30-15-3-4-16-30/h5-14,17,26,32-33H,3-4,15-16H2,1-2H3/b27-25-.